The molecular weight excluding hydrogens is 285 g/mol. The van der Waals surface area contributed by atoms with Crippen molar-refractivity contribution in [2.45, 2.75) is 6.54 Å². The Bertz CT molecular complexity index is 937. The van der Waals surface area contributed by atoms with Crippen LogP contribution in [-0.2, 0) is 6.54 Å². The van der Waals surface area contributed by atoms with Gasteiger partial charge in [-0.1, -0.05) is 48.5 Å². The number of benzene rings is 3. The predicted octanol–water partition coefficient (Wildman–Crippen LogP) is 5.50. The second-order valence-electron chi connectivity index (χ2n) is 5.71. The van der Waals surface area contributed by atoms with Gasteiger partial charge in [0.25, 0.3) is 0 Å². The van der Waals surface area contributed by atoms with Gasteiger partial charge in [0.1, 0.15) is 5.82 Å². The van der Waals surface area contributed by atoms with E-state index in [-0.39, 0.29) is 5.82 Å². The SMILES string of the molecule is Fc1ccc(Cn2ccc3cc(-c4ccccc4)ccc32)cc1. The molecule has 112 valence electrons. The summed E-state index contributed by atoms with van der Waals surface area (Å²) < 4.78 is 15.2. The van der Waals surface area contributed by atoms with Crippen LogP contribution in [0.2, 0.25) is 0 Å². The first-order chi connectivity index (χ1) is 11.3. The molecular formula is C21H16FN. The molecule has 0 spiro atoms. The Morgan fingerprint density at radius 2 is 1.52 bits per heavy atom. The Morgan fingerprint density at radius 3 is 2.30 bits per heavy atom. The average molecular weight is 301 g/mol. The fourth-order valence-corrected chi connectivity index (χ4v) is 2.93. The smallest absolute Gasteiger partial charge is 0.123 e. The third kappa shape index (κ3) is 2.76. The number of aromatic nitrogens is 1. The molecule has 0 saturated carbocycles. The molecule has 1 heterocycles. The highest BCUT2D eigenvalue weighted by atomic mass is 19.1. The van der Waals surface area contributed by atoms with Gasteiger partial charge in [-0.05, 0) is 47.0 Å². The summed E-state index contributed by atoms with van der Waals surface area (Å²) in [5.41, 5.74) is 4.73. The van der Waals surface area contributed by atoms with Gasteiger partial charge < -0.3 is 4.57 Å². The lowest BCUT2D eigenvalue weighted by Gasteiger charge is -2.07. The molecule has 23 heavy (non-hydrogen) atoms. The first kappa shape index (κ1) is 13.8. The number of hydrogen-bond acceptors (Lipinski definition) is 0. The molecule has 0 fully saturated rings. The first-order valence-corrected chi connectivity index (χ1v) is 7.68. The van der Waals surface area contributed by atoms with Crippen LogP contribution in [0.25, 0.3) is 22.0 Å². The molecule has 0 aliphatic heterocycles. The van der Waals surface area contributed by atoms with Crippen molar-refractivity contribution in [2.75, 3.05) is 0 Å². The third-order valence-electron chi connectivity index (χ3n) is 4.14. The zero-order valence-electron chi connectivity index (χ0n) is 12.6. The van der Waals surface area contributed by atoms with Crippen LogP contribution in [0.15, 0.2) is 85.1 Å². The number of rotatable bonds is 3. The summed E-state index contributed by atoms with van der Waals surface area (Å²) in [7, 11) is 0. The number of hydrogen-bond donors (Lipinski definition) is 0. The molecule has 0 unspecified atom stereocenters. The van der Waals surface area contributed by atoms with Crippen molar-refractivity contribution in [2.24, 2.45) is 0 Å². The van der Waals surface area contributed by atoms with E-state index in [0.717, 1.165) is 12.1 Å². The maximum atomic E-state index is 13.0. The number of nitrogens with zero attached hydrogens (tertiary/aromatic N) is 1. The molecule has 0 amide bonds. The van der Waals surface area contributed by atoms with E-state index in [1.807, 2.05) is 18.2 Å². The van der Waals surface area contributed by atoms with Crippen LogP contribution < -0.4 is 0 Å². The van der Waals surface area contributed by atoms with Gasteiger partial charge >= 0.3 is 0 Å². The molecule has 0 radical (unpaired) electrons. The summed E-state index contributed by atoms with van der Waals surface area (Å²) in [6.45, 7) is 0.745. The minimum atomic E-state index is -0.196. The van der Waals surface area contributed by atoms with E-state index in [9.17, 15) is 4.39 Å². The highest BCUT2D eigenvalue weighted by Crippen LogP contribution is 2.25. The van der Waals surface area contributed by atoms with Crippen molar-refractivity contribution >= 4 is 10.9 Å². The zero-order valence-corrected chi connectivity index (χ0v) is 12.6. The summed E-state index contributed by atoms with van der Waals surface area (Å²) in [4.78, 5) is 0. The Kier molecular flexibility index (Phi) is 3.43. The molecule has 0 aliphatic carbocycles. The Labute approximate surface area is 134 Å². The molecule has 0 N–H and O–H groups in total. The van der Waals surface area contributed by atoms with E-state index < -0.39 is 0 Å². The van der Waals surface area contributed by atoms with Crippen molar-refractivity contribution in [3.05, 3.63) is 96.4 Å². The fourth-order valence-electron chi connectivity index (χ4n) is 2.93. The fraction of sp³-hybridized carbons (Fsp3) is 0.0476. The molecule has 3 aromatic carbocycles. The van der Waals surface area contributed by atoms with Crippen molar-refractivity contribution in [3.8, 4) is 11.1 Å². The second-order valence-corrected chi connectivity index (χ2v) is 5.71. The molecule has 4 rings (SSSR count). The molecule has 1 nitrogen and oxygen atoms in total. The highest BCUT2D eigenvalue weighted by Gasteiger charge is 2.04. The lowest BCUT2D eigenvalue weighted by atomic mass is 10.0. The summed E-state index contributed by atoms with van der Waals surface area (Å²) in [6.07, 6.45) is 2.09. The van der Waals surface area contributed by atoms with Crippen molar-refractivity contribution in [1.29, 1.82) is 0 Å². The molecule has 0 saturated heterocycles. The van der Waals surface area contributed by atoms with Crippen molar-refractivity contribution in [1.82, 2.24) is 4.57 Å². The normalized spacial score (nSPS) is 11.0. The third-order valence-corrected chi connectivity index (χ3v) is 4.14. The quantitative estimate of drug-likeness (QED) is 0.471. The molecule has 0 atom stereocenters. The van der Waals surface area contributed by atoms with E-state index in [1.165, 1.54) is 34.2 Å². The van der Waals surface area contributed by atoms with Crippen LogP contribution in [0.1, 0.15) is 5.56 Å². The van der Waals surface area contributed by atoms with Crippen LogP contribution in [0, 0.1) is 5.82 Å². The Hall–Kier alpha value is -2.87. The summed E-state index contributed by atoms with van der Waals surface area (Å²) in [5, 5.41) is 1.22. The first-order valence-electron chi connectivity index (χ1n) is 7.68. The van der Waals surface area contributed by atoms with Gasteiger partial charge in [-0.3, -0.25) is 0 Å². The van der Waals surface area contributed by atoms with Crippen LogP contribution in [0.3, 0.4) is 0 Å². The highest BCUT2D eigenvalue weighted by molar-refractivity contribution is 5.85. The van der Waals surface area contributed by atoms with E-state index >= 15 is 0 Å². The zero-order chi connectivity index (χ0) is 15.6. The second kappa shape index (κ2) is 5.73. The van der Waals surface area contributed by atoms with Gasteiger partial charge in [0.05, 0.1) is 0 Å². The van der Waals surface area contributed by atoms with Crippen molar-refractivity contribution in [3.63, 3.8) is 0 Å². The Morgan fingerprint density at radius 1 is 0.739 bits per heavy atom. The summed E-state index contributed by atoms with van der Waals surface area (Å²) >= 11 is 0. The van der Waals surface area contributed by atoms with Crippen LogP contribution in [0.5, 0.6) is 0 Å². The van der Waals surface area contributed by atoms with E-state index in [0.29, 0.717) is 0 Å². The largest absolute Gasteiger partial charge is 0.343 e. The minimum Gasteiger partial charge on any atom is -0.343 e. The van der Waals surface area contributed by atoms with Gasteiger partial charge in [0, 0.05) is 23.6 Å². The van der Waals surface area contributed by atoms with Gasteiger partial charge in [-0.15, -0.1) is 0 Å². The maximum Gasteiger partial charge on any atom is 0.123 e. The van der Waals surface area contributed by atoms with Gasteiger partial charge in [0.15, 0.2) is 0 Å². The predicted molar refractivity (Wildman–Crippen MR) is 92.9 cm³/mol. The number of halogens is 1. The molecule has 0 aliphatic rings. The van der Waals surface area contributed by atoms with Crippen molar-refractivity contribution < 1.29 is 4.39 Å². The van der Waals surface area contributed by atoms with E-state index in [1.54, 1.807) is 0 Å². The molecule has 2 heteroatoms. The maximum absolute atomic E-state index is 13.0. The van der Waals surface area contributed by atoms with Crippen LogP contribution in [0.4, 0.5) is 4.39 Å². The molecule has 4 aromatic rings. The monoisotopic (exact) mass is 301 g/mol. The lowest BCUT2D eigenvalue weighted by Crippen LogP contribution is -1.97. The van der Waals surface area contributed by atoms with E-state index in [4.69, 9.17) is 0 Å². The topological polar surface area (TPSA) is 4.93 Å². The molecule has 1 aromatic heterocycles. The summed E-state index contributed by atoms with van der Waals surface area (Å²) in [5.74, 6) is -0.196. The van der Waals surface area contributed by atoms with Crippen LogP contribution >= 0.6 is 0 Å². The standard InChI is InChI=1S/C21H16FN/c22-20-9-6-16(7-10-20)15-23-13-12-19-14-18(8-11-21(19)23)17-4-2-1-3-5-17/h1-14H,15H2. The van der Waals surface area contributed by atoms with E-state index in [2.05, 4.69) is 59.3 Å². The van der Waals surface area contributed by atoms with Gasteiger partial charge in [0.2, 0.25) is 0 Å². The average Bonchev–Trinajstić information content (AvgIpc) is 3.00. The Balaban J connectivity index is 1.69. The van der Waals surface area contributed by atoms with Gasteiger partial charge in [-0.25, -0.2) is 4.39 Å². The number of fused-ring (bicyclic) bond motifs is 1. The minimum absolute atomic E-state index is 0.196. The lowest BCUT2D eigenvalue weighted by molar-refractivity contribution is 0.626. The summed E-state index contributed by atoms with van der Waals surface area (Å²) in [6, 6.07) is 25.7. The van der Waals surface area contributed by atoms with Gasteiger partial charge in [-0.2, -0.15) is 0 Å². The molecule has 0 bridgehead atoms. The van der Waals surface area contributed by atoms with Crippen LogP contribution in [-0.4, -0.2) is 4.57 Å².